The number of carbonyl (C=O) groups excluding carboxylic acids is 1. The maximum Gasteiger partial charge on any atom is 0.266 e. The molecule has 2 aliphatic heterocycles. The minimum atomic E-state index is -0.00569. The number of anilines is 1. The summed E-state index contributed by atoms with van der Waals surface area (Å²) in [6.07, 6.45) is 5.67. The summed E-state index contributed by atoms with van der Waals surface area (Å²) in [7, 11) is 0. The largest absolute Gasteiger partial charge is 0.439 e. The van der Waals surface area contributed by atoms with Gasteiger partial charge in [-0.3, -0.25) is 9.69 Å². The second-order valence-corrected chi connectivity index (χ2v) is 7.20. The van der Waals surface area contributed by atoms with Crippen LogP contribution in [-0.2, 0) is 4.79 Å². The normalized spacial score (nSPS) is 20.2. The first-order valence-electron chi connectivity index (χ1n) is 8.15. The molecular formula is C18H20N2O2S2. The molecule has 1 amide bonds. The lowest BCUT2D eigenvalue weighted by molar-refractivity contribution is -0.122. The molecule has 0 aromatic heterocycles. The van der Waals surface area contributed by atoms with Crippen molar-refractivity contribution in [2.24, 2.45) is 0 Å². The van der Waals surface area contributed by atoms with E-state index in [2.05, 4.69) is 18.7 Å². The van der Waals surface area contributed by atoms with Gasteiger partial charge in [-0.2, -0.15) is 0 Å². The molecule has 0 aliphatic carbocycles. The topological polar surface area (TPSA) is 32.8 Å². The van der Waals surface area contributed by atoms with Crippen molar-refractivity contribution in [3.05, 3.63) is 47.2 Å². The van der Waals surface area contributed by atoms with Gasteiger partial charge in [0.25, 0.3) is 5.91 Å². The van der Waals surface area contributed by atoms with Gasteiger partial charge in [-0.1, -0.05) is 49.5 Å². The lowest BCUT2D eigenvalue weighted by atomic mass is 10.3. The molecule has 0 unspecified atom stereocenters. The molecule has 2 heterocycles. The molecule has 126 valence electrons. The zero-order chi connectivity index (χ0) is 17.1. The highest BCUT2D eigenvalue weighted by molar-refractivity contribution is 8.26. The number of hydrogen-bond donors (Lipinski definition) is 0. The summed E-state index contributed by atoms with van der Waals surface area (Å²) in [5.74, 6) is 1.57. The zero-order valence-electron chi connectivity index (χ0n) is 13.8. The molecule has 1 saturated heterocycles. The molecule has 0 atom stereocenters. The summed E-state index contributed by atoms with van der Waals surface area (Å²) in [4.78, 5) is 16.9. The van der Waals surface area contributed by atoms with Crippen LogP contribution >= 0.6 is 24.0 Å². The number of amides is 1. The molecule has 4 nitrogen and oxygen atoms in total. The maximum atomic E-state index is 12.5. The molecule has 0 bridgehead atoms. The van der Waals surface area contributed by atoms with Gasteiger partial charge in [0.1, 0.15) is 4.32 Å². The van der Waals surface area contributed by atoms with Crippen molar-refractivity contribution < 1.29 is 9.53 Å². The molecule has 0 saturated carbocycles. The van der Waals surface area contributed by atoms with Crippen molar-refractivity contribution in [2.45, 2.75) is 26.7 Å². The average molecular weight is 361 g/mol. The molecule has 6 heteroatoms. The van der Waals surface area contributed by atoms with E-state index in [0.29, 0.717) is 15.8 Å². The number of carbonyl (C=O) groups is 1. The van der Waals surface area contributed by atoms with E-state index in [1.165, 1.54) is 11.8 Å². The first-order chi connectivity index (χ1) is 11.7. The highest BCUT2D eigenvalue weighted by atomic mass is 32.2. The summed E-state index contributed by atoms with van der Waals surface area (Å²) in [6, 6.07) is 7.92. The third-order valence-corrected chi connectivity index (χ3v) is 5.33. The lowest BCUT2D eigenvalue weighted by Gasteiger charge is -2.15. The number of unbranched alkanes of at least 4 members (excludes halogenated alkanes) is 1. The summed E-state index contributed by atoms with van der Waals surface area (Å²) in [5.41, 5.74) is 1.05. The Balaban J connectivity index is 1.79. The number of thiocarbonyl (C=S) groups is 1. The van der Waals surface area contributed by atoms with Crippen molar-refractivity contribution >= 4 is 39.9 Å². The van der Waals surface area contributed by atoms with Gasteiger partial charge in [0.2, 0.25) is 5.88 Å². The van der Waals surface area contributed by atoms with Gasteiger partial charge in [0.05, 0.1) is 10.6 Å². The number of ether oxygens (including phenoxy) is 1. The van der Waals surface area contributed by atoms with E-state index >= 15 is 0 Å². The fourth-order valence-corrected chi connectivity index (χ4v) is 3.92. The number of hydrogen-bond acceptors (Lipinski definition) is 5. The van der Waals surface area contributed by atoms with E-state index in [0.717, 1.165) is 36.7 Å². The first-order valence-corrected chi connectivity index (χ1v) is 9.38. The van der Waals surface area contributed by atoms with Crippen LogP contribution in [0, 0.1) is 0 Å². The van der Waals surface area contributed by atoms with Gasteiger partial charge in [-0.15, -0.1) is 0 Å². The molecular weight excluding hydrogens is 340 g/mol. The van der Waals surface area contributed by atoms with E-state index in [1.54, 1.807) is 4.90 Å². The fraction of sp³-hybridized carbons (Fsp3) is 0.333. The fourth-order valence-electron chi connectivity index (χ4n) is 2.67. The van der Waals surface area contributed by atoms with Gasteiger partial charge < -0.3 is 9.64 Å². The van der Waals surface area contributed by atoms with Crippen molar-refractivity contribution in [1.82, 2.24) is 4.90 Å². The highest BCUT2D eigenvalue weighted by Crippen LogP contribution is 2.38. The molecule has 0 radical (unpaired) electrons. The smallest absolute Gasteiger partial charge is 0.266 e. The minimum Gasteiger partial charge on any atom is -0.439 e. The lowest BCUT2D eigenvalue weighted by Crippen LogP contribution is -2.28. The molecule has 2 aliphatic rings. The second kappa shape index (κ2) is 7.40. The summed E-state index contributed by atoms with van der Waals surface area (Å²) < 4.78 is 6.54. The van der Waals surface area contributed by atoms with Crippen LogP contribution in [-0.4, -0.2) is 28.2 Å². The van der Waals surface area contributed by atoms with Gasteiger partial charge >= 0.3 is 0 Å². The minimum absolute atomic E-state index is 0.00569. The van der Waals surface area contributed by atoms with Crippen molar-refractivity contribution in [1.29, 1.82) is 0 Å². The van der Waals surface area contributed by atoms with E-state index < -0.39 is 0 Å². The predicted octanol–water partition coefficient (Wildman–Crippen LogP) is 4.29. The molecule has 1 fully saturated rings. The van der Waals surface area contributed by atoms with E-state index in [9.17, 15) is 4.79 Å². The number of benzene rings is 1. The summed E-state index contributed by atoms with van der Waals surface area (Å²) >= 11 is 6.68. The molecule has 0 spiro atoms. The van der Waals surface area contributed by atoms with Crippen molar-refractivity contribution in [3.63, 3.8) is 0 Å². The second-order valence-electron chi connectivity index (χ2n) is 5.53. The van der Waals surface area contributed by atoms with Crippen LogP contribution in [0.1, 0.15) is 26.7 Å². The van der Waals surface area contributed by atoms with E-state index in [-0.39, 0.29) is 5.91 Å². The van der Waals surface area contributed by atoms with Crippen LogP contribution < -0.4 is 9.64 Å². The monoisotopic (exact) mass is 360 g/mol. The molecule has 3 rings (SSSR count). The van der Waals surface area contributed by atoms with E-state index in [1.807, 2.05) is 36.4 Å². The Labute approximate surface area is 152 Å². The van der Waals surface area contributed by atoms with Crippen LogP contribution in [0.15, 0.2) is 47.2 Å². The van der Waals surface area contributed by atoms with Gasteiger partial charge in [-0.05, 0) is 31.6 Å². The van der Waals surface area contributed by atoms with Crippen LogP contribution in [0.4, 0.5) is 5.69 Å². The Morgan fingerprint density at radius 3 is 2.75 bits per heavy atom. The van der Waals surface area contributed by atoms with Gasteiger partial charge in [-0.25, -0.2) is 0 Å². The van der Waals surface area contributed by atoms with Crippen LogP contribution in [0.25, 0.3) is 0 Å². The molecule has 1 aromatic carbocycles. The van der Waals surface area contributed by atoms with Crippen LogP contribution in [0.3, 0.4) is 0 Å². The van der Waals surface area contributed by atoms with Crippen LogP contribution in [0.2, 0.25) is 0 Å². The van der Waals surface area contributed by atoms with Crippen molar-refractivity contribution in [3.8, 4) is 5.75 Å². The summed E-state index contributed by atoms with van der Waals surface area (Å²) in [5, 5.41) is 0. The van der Waals surface area contributed by atoms with Gasteiger partial charge in [0, 0.05) is 19.2 Å². The average Bonchev–Trinajstić information content (AvgIpc) is 3.08. The number of rotatable bonds is 5. The zero-order valence-corrected chi connectivity index (χ0v) is 15.5. The Morgan fingerprint density at radius 1 is 1.21 bits per heavy atom. The highest BCUT2D eigenvalue weighted by Gasteiger charge is 2.31. The van der Waals surface area contributed by atoms with Crippen LogP contribution in [0.5, 0.6) is 5.75 Å². The molecule has 1 aromatic rings. The Kier molecular flexibility index (Phi) is 5.26. The number of nitrogens with zero attached hydrogens (tertiary/aromatic N) is 2. The number of thioether (sulfide) groups is 1. The Morgan fingerprint density at radius 2 is 2.00 bits per heavy atom. The standard InChI is InChI=1S/C18H20N2O2S2/c1-3-5-12-20-17(21)15(24-18(20)23)10-11-16-19(4-2)13-8-6-7-9-14(13)22-16/h6-11H,3-5,12H2,1-2H3/b15-10+,16-11-. The number of para-hydroxylation sites is 2. The third kappa shape index (κ3) is 3.21. The van der Waals surface area contributed by atoms with Crippen molar-refractivity contribution in [2.75, 3.05) is 18.0 Å². The first kappa shape index (κ1) is 17.0. The Hall–Kier alpha value is -1.79. The van der Waals surface area contributed by atoms with Gasteiger partial charge in [0.15, 0.2) is 5.75 Å². The third-order valence-electron chi connectivity index (χ3n) is 3.94. The number of fused-ring (bicyclic) bond motifs is 1. The quantitative estimate of drug-likeness (QED) is 0.578. The maximum absolute atomic E-state index is 12.5. The molecule has 24 heavy (non-hydrogen) atoms. The number of allylic oxidation sites excluding steroid dienone is 2. The SMILES string of the molecule is CCCCN1C(=O)/C(=C\C=C2/Oc3ccccc3N2CC)SC1=S. The molecule has 0 N–H and O–H groups in total. The predicted molar refractivity (Wildman–Crippen MR) is 103 cm³/mol. The van der Waals surface area contributed by atoms with E-state index in [4.69, 9.17) is 17.0 Å². The Bertz CT molecular complexity index is 727. The summed E-state index contributed by atoms with van der Waals surface area (Å²) in [6.45, 7) is 5.67.